The number of piperidine rings is 1. The third-order valence-corrected chi connectivity index (χ3v) is 8.69. The van der Waals surface area contributed by atoms with E-state index >= 15 is 0 Å². The number of nitrogens with zero attached hydrogens (tertiary/aromatic N) is 2. The van der Waals surface area contributed by atoms with Crippen molar-refractivity contribution in [3.8, 4) is 6.07 Å². The van der Waals surface area contributed by atoms with Crippen LogP contribution in [0.4, 0.5) is 8.78 Å². The summed E-state index contributed by atoms with van der Waals surface area (Å²) in [5, 5.41) is 17.2. The van der Waals surface area contributed by atoms with Crippen LogP contribution >= 0.6 is 22.9 Å². The first-order valence-corrected chi connectivity index (χ1v) is 12.8. The van der Waals surface area contributed by atoms with Crippen molar-refractivity contribution in [2.75, 3.05) is 13.1 Å². The molecule has 3 aliphatic rings. The number of halogens is 3. The Morgan fingerprint density at radius 3 is 2.91 bits per heavy atom. The molecule has 2 aromatic rings. The Labute approximate surface area is 209 Å². The minimum absolute atomic E-state index is 0.0276. The number of thiophene rings is 1. The molecule has 5 atom stereocenters. The highest BCUT2D eigenvalue weighted by Gasteiger charge is 2.58. The molecule has 0 unspecified atom stereocenters. The van der Waals surface area contributed by atoms with E-state index in [9.17, 15) is 28.4 Å². The van der Waals surface area contributed by atoms with E-state index in [0.717, 1.165) is 11.1 Å². The Kier molecular flexibility index (Phi) is 6.21. The van der Waals surface area contributed by atoms with Gasteiger partial charge in [-0.25, -0.2) is 8.78 Å². The normalized spacial score (nSPS) is 28.4. The van der Waals surface area contributed by atoms with Crippen LogP contribution in [0.25, 0.3) is 10.2 Å². The molecule has 186 valence electrons. The van der Waals surface area contributed by atoms with E-state index < -0.39 is 54.0 Å². The van der Waals surface area contributed by atoms with Crippen molar-refractivity contribution >= 4 is 50.9 Å². The van der Waals surface area contributed by atoms with Gasteiger partial charge in [-0.05, 0) is 37.2 Å². The van der Waals surface area contributed by atoms with Gasteiger partial charge in [-0.15, -0.1) is 11.3 Å². The topological polar surface area (TPSA) is 118 Å². The largest absolute Gasteiger partial charge is 0.356 e. The van der Waals surface area contributed by atoms with Gasteiger partial charge in [0.25, 0.3) is 5.91 Å². The van der Waals surface area contributed by atoms with Gasteiger partial charge < -0.3 is 20.5 Å². The Balaban J connectivity index is 1.37. The van der Waals surface area contributed by atoms with Gasteiger partial charge in [-0.1, -0.05) is 11.6 Å². The number of carbonyl (C=O) groups is 3. The number of rotatable bonds is 5. The van der Waals surface area contributed by atoms with E-state index in [0.29, 0.717) is 23.5 Å². The Bertz CT molecular complexity index is 1220. The fraction of sp³-hybridized carbons (Fsp3) is 0.565. The lowest BCUT2D eigenvalue weighted by atomic mass is 9.90. The van der Waals surface area contributed by atoms with E-state index in [-0.39, 0.29) is 31.0 Å². The molecular weight excluding hydrogens is 500 g/mol. The molecule has 3 fully saturated rings. The van der Waals surface area contributed by atoms with Crippen LogP contribution in [0.3, 0.4) is 0 Å². The van der Waals surface area contributed by atoms with E-state index in [4.69, 9.17) is 11.6 Å². The first-order valence-electron chi connectivity index (χ1n) is 11.6. The van der Waals surface area contributed by atoms with Crippen LogP contribution in [0, 0.1) is 29.1 Å². The summed E-state index contributed by atoms with van der Waals surface area (Å²) in [6.07, 6.45) is 0.639. The maximum Gasteiger partial charge on any atom is 0.271 e. The predicted octanol–water partition coefficient (Wildman–Crippen LogP) is 3.29. The molecule has 1 aliphatic carbocycles. The van der Waals surface area contributed by atoms with Crippen LogP contribution in [0.5, 0.6) is 0 Å². The number of alkyl halides is 2. The smallest absolute Gasteiger partial charge is 0.271 e. The highest BCUT2D eigenvalue weighted by atomic mass is 35.5. The molecule has 3 N–H and O–H groups in total. The van der Waals surface area contributed by atoms with Gasteiger partial charge in [0.05, 0.1) is 21.3 Å². The zero-order chi connectivity index (χ0) is 24.9. The summed E-state index contributed by atoms with van der Waals surface area (Å²) >= 11 is 7.52. The predicted molar refractivity (Wildman–Crippen MR) is 125 cm³/mol. The lowest BCUT2D eigenvalue weighted by molar-refractivity contribution is -0.129. The zero-order valence-electron chi connectivity index (χ0n) is 18.7. The highest BCUT2D eigenvalue weighted by Crippen LogP contribution is 2.50. The average molecular weight is 524 g/mol. The number of H-pyrrole nitrogens is 1. The molecule has 8 nitrogen and oxygen atoms in total. The first-order chi connectivity index (χ1) is 16.7. The molecule has 3 amide bonds. The summed E-state index contributed by atoms with van der Waals surface area (Å²) in [7, 11) is 0. The van der Waals surface area contributed by atoms with Gasteiger partial charge in [-0.2, -0.15) is 5.26 Å². The Hall–Kier alpha value is -2.71. The summed E-state index contributed by atoms with van der Waals surface area (Å²) in [5.74, 6) is -5.82. The van der Waals surface area contributed by atoms with Crippen molar-refractivity contribution in [2.45, 2.75) is 50.1 Å². The second kappa shape index (κ2) is 9.06. The third kappa shape index (κ3) is 4.49. The zero-order valence-corrected chi connectivity index (χ0v) is 20.2. The van der Waals surface area contributed by atoms with E-state index in [1.165, 1.54) is 16.2 Å². The molecule has 0 radical (unpaired) electrons. The van der Waals surface area contributed by atoms with E-state index in [2.05, 4.69) is 15.6 Å². The molecule has 35 heavy (non-hydrogen) atoms. The van der Waals surface area contributed by atoms with E-state index in [1.807, 2.05) is 6.07 Å². The number of carbonyl (C=O) groups excluding carboxylic acids is 3. The van der Waals surface area contributed by atoms with Gasteiger partial charge in [0.1, 0.15) is 17.8 Å². The first kappa shape index (κ1) is 24.0. The third-order valence-electron chi connectivity index (χ3n) is 7.33. The Morgan fingerprint density at radius 1 is 1.40 bits per heavy atom. The fourth-order valence-electron chi connectivity index (χ4n) is 5.74. The lowest BCUT2D eigenvalue weighted by Gasteiger charge is -2.29. The lowest BCUT2D eigenvalue weighted by Crippen LogP contribution is -2.52. The molecule has 2 aromatic heterocycles. The van der Waals surface area contributed by atoms with Crippen LogP contribution < -0.4 is 10.6 Å². The number of amides is 3. The molecule has 0 aromatic carbocycles. The van der Waals surface area contributed by atoms with Crippen molar-refractivity contribution in [2.24, 2.45) is 17.8 Å². The minimum atomic E-state index is -2.90. The van der Waals surface area contributed by atoms with Crippen LogP contribution in [-0.4, -0.2) is 58.7 Å². The SMILES string of the molecule is N#C[C@H](C[C@H]1CCCNC1=O)NC(=O)[C@H]1[C@H]2CC(F)(F)C[C@H]2CN1C(=O)c1cc2scc(Cl)c2[nH]1. The maximum atomic E-state index is 14.2. The molecule has 0 bridgehead atoms. The quantitative estimate of drug-likeness (QED) is 0.557. The number of aromatic nitrogens is 1. The molecule has 12 heteroatoms. The van der Waals surface area contributed by atoms with Gasteiger partial charge in [0.2, 0.25) is 17.7 Å². The summed E-state index contributed by atoms with van der Waals surface area (Å²) < 4.78 is 29.2. The number of hydrogen-bond donors (Lipinski definition) is 3. The molecule has 2 aliphatic heterocycles. The molecular formula is C23H24ClF2N5O3S. The van der Waals surface area contributed by atoms with Crippen molar-refractivity contribution in [3.05, 3.63) is 22.2 Å². The van der Waals surface area contributed by atoms with Crippen molar-refractivity contribution in [1.29, 1.82) is 5.26 Å². The number of aromatic amines is 1. The average Bonchev–Trinajstić information content (AvgIpc) is 3.54. The maximum absolute atomic E-state index is 14.2. The minimum Gasteiger partial charge on any atom is -0.356 e. The number of hydrogen-bond acceptors (Lipinski definition) is 5. The summed E-state index contributed by atoms with van der Waals surface area (Å²) in [6, 6.07) is 1.56. The van der Waals surface area contributed by atoms with Crippen molar-refractivity contribution in [3.63, 3.8) is 0 Å². The van der Waals surface area contributed by atoms with Gasteiger partial charge >= 0.3 is 0 Å². The highest BCUT2D eigenvalue weighted by molar-refractivity contribution is 7.17. The molecule has 4 heterocycles. The summed E-state index contributed by atoms with van der Waals surface area (Å²) in [6.45, 7) is 0.608. The number of nitriles is 1. The van der Waals surface area contributed by atoms with Gasteiger partial charge in [0.15, 0.2) is 0 Å². The van der Waals surface area contributed by atoms with Gasteiger partial charge in [-0.3, -0.25) is 14.4 Å². The Morgan fingerprint density at radius 2 is 2.20 bits per heavy atom. The summed E-state index contributed by atoms with van der Waals surface area (Å²) in [4.78, 5) is 43.2. The standard InChI is InChI=1S/C23H24ClF2N5O3S/c24-15-10-35-17-5-16(30-18(15)17)22(34)31-9-12-6-23(25,26)7-14(12)19(31)21(33)29-13(8-27)4-11-2-1-3-28-20(11)32/h5,10-14,19,30H,1-4,6-7,9H2,(H,28,32)(H,29,33)/t11-,12+,13+,14+,19-/m1/s1. The number of nitrogens with one attached hydrogen (secondary N) is 3. The van der Waals surface area contributed by atoms with Crippen molar-refractivity contribution in [1.82, 2.24) is 20.5 Å². The summed E-state index contributed by atoms with van der Waals surface area (Å²) in [5.41, 5.74) is 0.844. The van der Waals surface area contributed by atoms with Crippen molar-refractivity contribution < 1.29 is 23.2 Å². The molecule has 0 spiro atoms. The van der Waals surface area contributed by atoms with Crippen LogP contribution in [0.1, 0.15) is 42.6 Å². The van der Waals surface area contributed by atoms with Gasteiger partial charge in [0, 0.05) is 37.2 Å². The van der Waals surface area contributed by atoms with Crippen LogP contribution in [-0.2, 0) is 9.59 Å². The second-order valence-corrected chi connectivity index (χ2v) is 11.0. The van der Waals surface area contributed by atoms with E-state index in [1.54, 1.807) is 11.4 Å². The molecule has 1 saturated carbocycles. The van der Waals surface area contributed by atoms with Crippen LogP contribution in [0.15, 0.2) is 11.4 Å². The monoisotopic (exact) mass is 523 g/mol. The number of likely N-dealkylation sites (tertiary alicyclic amines) is 1. The van der Waals surface area contributed by atoms with Crippen LogP contribution in [0.2, 0.25) is 5.02 Å². The molecule has 2 saturated heterocycles. The number of fused-ring (bicyclic) bond motifs is 2. The molecule has 5 rings (SSSR count). The second-order valence-electron chi connectivity index (χ2n) is 9.65. The fourth-order valence-corrected chi connectivity index (χ4v) is 6.89.